The number of hydrogen-bond acceptors (Lipinski definition) is 4. The number of ether oxygens (including phenoxy) is 2. The largest absolute Gasteiger partial charge is 0.493 e. The average Bonchev–Trinajstić information content (AvgIpc) is 2.47. The molecule has 98 valence electrons. The fourth-order valence-corrected chi connectivity index (χ4v) is 2.64. The van der Waals surface area contributed by atoms with Crippen LogP contribution in [0.3, 0.4) is 0 Å². The van der Waals surface area contributed by atoms with Crippen molar-refractivity contribution in [2.24, 2.45) is 0 Å². The summed E-state index contributed by atoms with van der Waals surface area (Å²) < 4.78 is 11.3. The predicted molar refractivity (Wildman–Crippen MR) is 76.6 cm³/mol. The zero-order valence-corrected chi connectivity index (χ0v) is 11.3. The number of hydrogen-bond donors (Lipinski definition) is 0. The maximum absolute atomic E-state index is 6.02. The Labute approximate surface area is 119 Å². The molecule has 1 aliphatic heterocycles. The summed E-state index contributed by atoms with van der Waals surface area (Å²) in [6.45, 7) is 0. The molecular formula is C15H9ClN2O2. The molecule has 20 heavy (non-hydrogen) atoms. The van der Waals surface area contributed by atoms with Crippen molar-refractivity contribution in [3.05, 3.63) is 41.7 Å². The lowest BCUT2D eigenvalue weighted by atomic mass is 10.0. The van der Waals surface area contributed by atoms with Crippen LogP contribution in [-0.2, 0) is 0 Å². The molecule has 0 radical (unpaired) electrons. The Bertz CT molecular complexity index is 849. The maximum Gasteiger partial charge on any atom is 0.223 e. The summed E-state index contributed by atoms with van der Waals surface area (Å²) in [5, 5.41) is 1.05. The SMILES string of the molecule is COc1ccc2nc(Cl)nc3c2c1Oc1ccccc1-3. The van der Waals surface area contributed by atoms with Crippen LogP contribution in [0.25, 0.3) is 22.2 Å². The van der Waals surface area contributed by atoms with E-state index in [-0.39, 0.29) is 5.28 Å². The Kier molecular flexibility index (Phi) is 2.35. The first-order valence-corrected chi connectivity index (χ1v) is 6.47. The zero-order chi connectivity index (χ0) is 13.7. The van der Waals surface area contributed by atoms with Crippen LogP contribution >= 0.6 is 11.6 Å². The summed E-state index contributed by atoms with van der Waals surface area (Å²) in [6.07, 6.45) is 0. The van der Waals surface area contributed by atoms with E-state index in [0.717, 1.165) is 27.9 Å². The second-order valence-corrected chi connectivity index (χ2v) is 4.77. The number of aromatic nitrogens is 2. The van der Waals surface area contributed by atoms with Gasteiger partial charge < -0.3 is 9.47 Å². The third kappa shape index (κ3) is 1.48. The highest BCUT2D eigenvalue weighted by Crippen LogP contribution is 2.49. The van der Waals surface area contributed by atoms with E-state index < -0.39 is 0 Å². The Morgan fingerprint density at radius 1 is 1.10 bits per heavy atom. The summed E-state index contributed by atoms with van der Waals surface area (Å²) in [5.74, 6) is 2.02. The van der Waals surface area contributed by atoms with E-state index in [1.807, 2.05) is 36.4 Å². The van der Waals surface area contributed by atoms with Gasteiger partial charge >= 0.3 is 0 Å². The van der Waals surface area contributed by atoms with Gasteiger partial charge in [0.2, 0.25) is 5.28 Å². The van der Waals surface area contributed by atoms with Gasteiger partial charge in [0.15, 0.2) is 11.5 Å². The highest BCUT2D eigenvalue weighted by atomic mass is 35.5. The molecule has 0 fully saturated rings. The molecule has 0 amide bonds. The molecule has 2 aromatic carbocycles. The Hall–Kier alpha value is -2.33. The third-order valence-corrected chi connectivity index (χ3v) is 3.50. The van der Waals surface area contributed by atoms with Crippen molar-refractivity contribution >= 4 is 22.5 Å². The number of nitrogens with zero attached hydrogens (tertiary/aromatic N) is 2. The standard InChI is InChI=1S/C15H9ClN2O2/c1-19-11-7-6-9-12-13(18-15(16)17-9)8-4-2-3-5-10(8)20-14(11)12/h2-7H,1H3. The molecule has 0 saturated carbocycles. The number of para-hydroxylation sites is 1. The van der Waals surface area contributed by atoms with Gasteiger partial charge in [0, 0.05) is 5.56 Å². The van der Waals surface area contributed by atoms with E-state index in [9.17, 15) is 0 Å². The van der Waals surface area contributed by atoms with Gasteiger partial charge in [-0.2, -0.15) is 0 Å². The van der Waals surface area contributed by atoms with E-state index in [0.29, 0.717) is 11.5 Å². The quantitative estimate of drug-likeness (QED) is 0.494. The van der Waals surface area contributed by atoms with E-state index in [2.05, 4.69) is 9.97 Å². The Morgan fingerprint density at radius 2 is 1.95 bits per heavy atom. The van der Waals surface area contributed by atoms with Gasteiger partial charge in [-0.05, 0) is 35.9 Å². The maximum atomic E-state index is 6.02. The summed E-state index contributed by atoms with van der Waals surface area (Å²) in [6, 6.07) is 11.4. The molecular weight excluding hydrogens is 276 g/mol. The van der Waals surface area contributed by atoms with Gasteiger partial charge in [0.05, 0.1) is 23.7 Å². The number of halogens is 1. The molecule has 0 atom stereocenters. The van der Waals surface area contributed by atoms with Crippen LogP contribution < -0.4 is 9.47 Å². The smallest absolute Gasteiger partial charge is 0.223 e. The van der Waals surface area contributed by atoms with Crippen LogP contribution in [0, 0.1) is 0 Å². The molecule has 2 heterocycles. The lowest BCUT2D eigenvalue weighted by molar-refractivity contribution is 0.381. The Balaban J connectivity index is 2.20. The van der Waals surface area contributed by atoms with Crippen LogP contribution in [0.15, 0.2) is 36.4 Å². The molecule has 0 aliphatic carbocycles. The van der Waals surface area contributed by atoms with Crippen molar-refractivity contribution in [2.75, 3.05) is 7.11 Å². The molecule has 0 spiro atoms. The monoisotopic (exact) mass is 284 g/mol. The van der Waals surface area contributed by atoms with Crippen LogP contribution in [0.4, 0.5) is 0 Å². The molecule has 3 aromatic rings. The summed E-state index contributed by atoms with van der Waals surface area (Å²) >= 11 is 6.02. The topological polar surface area (TPSA) is 44.2 Å². The Morgan fingerprint density at radius 3 is 2.80 bits per heavy atom. The summed E-state index contributed by atoms with van der Waals surface area (Å²) in [7, 11) is 1.61. The van der Waals surface area contributed by atoms with Crippen molar-refractivity contribution in [2.45, 2.75) is 0 Å². The highest BCUT2D eigenvalue weighted by molar-refractivity contribution is 6.29. The van der Waals surface area contributed by atoms with Crippen molar-refractivity contribution in [1.29, 1.82) is 0 Å². The first-order chi connectivity index (χ1) is 9.78. The molecule has 4 nitrogen and oxygen atoms in total. The molecule has 0 unspecified atom stereocenters. The highest BCUT2D eigenvalue weighted by Gasteiger charge is 2.25. The fraction of sp³-hybridized carbons (Fsp3) is 0.0667. The van der Waals surface area contributed by atoms with E-state index in [1.54, 1.807) is 7.11 Å². The lowest BCUT2D eigenvalue weighted by Crippen LogP contribution is -2.02. The number of benzene rings is 2. The zero-order valence-electron chi connectivity index (χ0n) is 10.6. The molecule has 1 aromatic heterocycles. The first kappa shape index (κ1) is 11.5. The molecule has 0 bridgehead atoms. The first-order valence-electron chi connectivity index (χ1n) is 6.09. The molecule has 5 heteroatoms. The molecule has 1 aliphatic rings. The van der Waals surface area contributed by atoms with Crippen LogP contribution in [0.5, 0.6) is 17.2 Å². The van der Waals surface area contributed by atoms with Gasteiger partial charge in [-0.1, -0.05) is 12.1 Å². The number of rotatable bonds is 1. The summed E-state index contributed by atoms with van der Waals surface area (Å²) in [4.78, 5) is 8.61. The van der Waals surface area contributed by atoms with Gasteiger partial charge in [-0.25, -0.2) is 9.97 Å². The average molecular weight is 285 g/mol. The molecule has 0 saturated heterocycles. The summed E-state index contributed by atoms with van der Waals surface area (Å²) in [5.41, 5.74) is 2.42. The van der Waals surface area contributed by atoms with Gasteiger partial charge in [-0.15, -0.1) is 0 Å². The normalized spacial score (nSPS) is 11.9. The van der Waals surface area contributed by atoms with Crippen molar-refractivity contribution in [3.8, 4) is 28.5 Å². The van der Waals surface area contributed by atoms with Crippen LogP contribution in [0.1, 0.15) is 0 Å². The van der Waals surface area contributed by atoms with E-state index >= 15 is 0 Å². The van der Waals surface area contributed by atoms with Crippen molar-refractivity contribution in [3.63, 3.8) is 0 Å². The van der Waals surface area contributed by atoms with Gasteiger partial charge in [0.25, 0.3) is 0 Å². The minimum absolute atomic E-state index is 0.223. The number of fused-ring (bicyclic) bond motifs is 2. The number of methoxy groups -OCH3 is 1. The molecule has 4 rings (SSSR count). The molecule has 0 N–H and O–H groups in total. The predicted octanol–water partition coefficient (Wildman–Crippen LogP) is 4.06. The second kappa shape index (κ2) is 4.08. The third-order valence-electron chi connectivity index (χ3n) is 3.33. The fourth-order valence-electron chi connectivity index (χ4n) is 2.47. The van der Waals surface area contributed by atoms with E-state index in [4.69, 9.17) is 21.1 Å². The van der Waals surface area contributed by atoms with Crippen molar-refractivity contribution < 1.29 is 9.47 Å². The van der Waals surface area contributed by atoms with Crippen LogP contribution in [0.2, 0.25) is 5.28 Å². The van der Waals surface area contributed by atoms with Gasteiger partial charge in [-0.3, -0.25) is 0 Å². The minimum Gasteiger partial charge on any atom is -0.493 e. The minimum atomic E-state index is 0.223. The van der Waals surface area contributed by atoms with Crippen molar-refractivity contribution in [1.82, 2.24) is 9.97 Å². The van der Waals surface area contributed by atoms with E-state index in [1.165, 1.54) is 0 Å². The second-order valence-electron chi connectivity index (χ2n) is 4.43. The van der Waals surface area contributed by atoms with Crippen LogP contribution in [-0.4, -0.2) is 17.1 Å². The van der Waals surface area contributed by atoms with Gasteiger partial charge in [0.1, 0.15) is 5.75 Å². The lowest BCUT2D eigenvalue weighted by Gasteiger charge is -2.21.